The van der Waals surface area contributed by atoms with Crippen molar-refractivity contribution in [1.29, 1.82) is 0 Å². The number of nitroso groups, excluding NO2 is 1. The van der Waals surface area contributed by atoms with Crippen LogP contribution in [-0.4, -0.2) is 6.29 Å². The summed E-state index contributed by atoms with van der Waals surface area (Å²) in [6.07, 6.45) is 0.833. The molecular formula is C7H9ClN2O2. The van der Waals surface area contributed by atoms with Crippen molar-refractivity contribution in [3.63, 3.8) is 0 Å². The highest BCUT2D eigenvalue weighted by Crippen LogP contribution is 1.91. The van der Waals surface area contributed by atoms with Crippen molar-refractivity contribution in [1.82, 2.24) is 0 Å². The fourth-order valence-corrected chi connectivity index (χ4v) is 0.532. The zero-order chi connectivity index (χ0) is 8.53. The molecule has 0 atom stereocenters. The zero-order valence-electron chi connectivity index (χ0n) is 6.21. The molecule has 0 saturated heterocycles. The van der Waals surface area contributed by atoms with Gasteiger partial charge in [-0.1, -0.05) is 30.3 Å². The summed E-state index contributed by atoms with van der Waals surface area (Å²) in [6, 6.07) is 9.10. The minimum absolute atomic E-state index is 0. The Morgan fingerprint density at radius 2 is 1.67 bits per heavy atom. The Hall–Kier alpha value is -1.42. The van der Waals surface area contributed by atoms with E-state index in [-0.39, 0.29) is 12.4 Å². The average Bonchev–Trinajstić information content (AvgIpc) is 2.08. The summed E-state index contributed by atoms with van der Waals surface area (Å²) < 4.78 is 0. The molecule has 1 aromatic rings. The number of hydrogen-bond donors (Lipinski definition) is 1. The van der Waals surface area contributed by atoms with Gasteiger partial charge in [-0.2, -0.15) is 0 Å². The first-order valence-corrected chi connectivity index (χ1v) is 2.88. The molecule has 0 bridgehead atoms. The summed E-state index contributed by atoms with van der Waals surface area (Å²) in [5.74, 6) is 3.92. The van der Waals surface area contributed by atoms with Gasteiger partial charge in [-0.15, -0.1) is 17.3 Å². The quantitative estimate of drug-likeness (QED) is 0.315. The molecule has 1 aromatic carbocycles. The van der Waals surface area contributed by atoms with Gasteiger partial charge in [0.25, 0.3) is 0 Å². The number of hydrogen-bond acceptors (Lipinski definition) is 3. The van der Waals surface area contributed by atoms with Crippen LogP contribution in [0, 0.1) is 4.91 Å². The summed E-state index contributed by atoms with van der Waals surface area (Å²) in [5.41, 5.74) is 0.729. The van der Waals surface area contributed by atoms with Crippen LogP contribution in [0.2, 0.25) is 0 Å². The van der Waals surface area contributed by atoms with Crippen LogP contribution in [0.4, 0.5) is 0 Å². The molecule has 4 nitrogen and oxygen atoms in total. The molecule has 5 heteroatoms. The molecule has 0 spiro atoms. The molecule has 0 aliphatic heterocycles. The molecule has 0 saturated carbocycles. The molecular weight excluding hydrogens is 180 g/mol. The Bertz CT molecular complexity index is 216. The van der Waals surface area contributed by atoms with Crippen LogP contribution < -0.4 is 5.84 Å². The lowest BCUT2D eigenvalue weighted by Crippen LogP contribution is -1.73. The van der Waals surface area contributed by atoms with E-state index in [1.807, 2.05) is 18.2 Å². The molecule has 0 aromatic heterocycles. The van der Waals surface area contributed by atoms with Gasteiger partial charge in [0.05, 0.1) is 0 Å². The van der Waals surface area contributed by atoms with E-state index in [9.17, 15) is 4.79 Å². The van der Waals surface area contributed by atoms with E-state index in [0.29, 0.717) is 0 Å². The number of nitrogens with zero attached hydrogens (tertiary/aromatic N) is 1. The molecule has 2 N–H and O–H groups in total. The molecule has 0 heterocycles. The number of carbonyl (C=O) groups excluding carboxylic acids is 1. The maximum absolute atomic E-state index is 10.0. The molecule has 1 rings (SSSR count). The van der Waals surface area contributed by atoms with Gasteiger partial charge >= 0.3 is 0 Å². The second kappa shape index (κ2) is 9.58. The predicted molar refractivity (Wildman–Crippen MR) is 49.1 cm³/mol. The predicted octanol–water partition coefficient (Wildman–Crippen LogP) is 1.55. The second-order valence-electron chi connectivity index (χ2n) is 1.63. The number of halogens is 1. The lowest BCUT2D eigenvalue weighted by Gasteiger charge is -1.81. The van der Waals surface area contributed by atoms with Crippen molar-refractivity contribution >= 4 is 18.7 Å². The maximum atomic E-state index is 10.0. The van der Waals surface area contributed by atoms with E-state index in [4.69, 9.17) is 4.91 Å². The SMILES string of the molecule is Cl.NN=O.O=Cc1ccccc1. The Morgan fingerprint density at radius 1 is 1.25 bits per heavy atom. The van der Waals surface area contributed by atoms with Gasteiger partial charge in [0.2, 0.25) is 0 Å². The largest absolute Gasteiger partial charge is 0.298 e. The molecule has 0 fully saturated rings. The molecule has 66 valence electrons. The Balaban J connectivity index is 0. The minimum Gasteiger partial charge on any atom is -0.298 e. The van der Waals surface area contributed by atoms with Crippen molar-refractivity contribution in [2.45, 2.75) is 0 Å². The maximum Gasteiger partial charge on any atom is 0.150 e. The van der Waals surface area contributed by atoms with Crippen LogP contribution in [0.15, 0.2) is 35.6 Å². The van der Waals surface area contributed by atoms with Crippen LogP contribution in [-0.2, 0) is 0 Å². The van der Waals surface area contributed by atoms with E-state index in [1.165, 1.54) is 0 Å². The van der Waals surface area contributed by atoms with E-state index < -0.39 is 0 Å². The Labute approximate surface area is 76.1 Å². The number of aldehydes is 1. The third-order valence-electron chi connectivity index (χ3n) is 0.936. The van der Waals surface area contributed by atoms with Gasteiger partial charge in [-0.25, -0.2) is 0 Å². The van der Waals surface area contributed by atoms with E-state index >= 15 is 0 Å². The normalized spacial score (nSPS) is 6.67. The monoisotopic (exact) mass is 188 g/mol. The topological polar surface area (TPSA) is 72.5 Å². The fraction of sp³-hybridized carbons (Fsp3) is 0. The molecule has 0 aliphatic rings. The highest BCUT2D eigenvalue weighted by Gasteiger charge is 1.79. The van der Waals surface area contributed by atoms with Crippen molar-refractivity contribution < 1.29 is 4.79 Å². The summed E-state index contributed by atoms with van der Waals surface area (Å²) in [7, 11) is 0. The highest BCUT2D eigenvalue weighted by atomic mass is 35.5. The van der Waals surface area contributed by atoms with Crippen molar-refractivity contribution in [3.05, 3.63) is 40.8 Å². The van der Waals surface area contributed by atoms with Gasteiger partial charge in [0.15, 0.2) is 0 Å². The van der Waals surface area contributed by atoms with Crippen LogP contribution in [0.25, 0.3) is 0 Å². The van der Waals surface area contributed by atoms with Crippen LogP contribution in [0.1, 0.15) is 10.4 Å². The zero-order valence-corrected chi connectivity index (χ0v) is 7.03. The molecule has 0 aliphatic carbocycles. The minimum atomic E-state index is 0. The van der Waals surface area contributed by atoms with Crippen LogP contribution in [0.3, 0.4) is 0 Å². The smallest absolute Gasteiger partial charge is 0.150 e. The van der Waals surface area contributed by atoms with Gasteiger partial charge in [-0.05, 0) is 0 Å². The van der Waals surface area contributed by atoms with Gasteiger partial charge in [-0.3, -0.25) is 10.6 Å². The third-order valence-corrected chi connectivity index (χ3v) is 0.936. The first-order chi connectivity index (χ1) is 5.35. The number of benzene rings is 1. The van der Waals surface area contributed by atoms with Crippen molar-refractivity contribution in [3.8, 4) is 0 Å². The first kappa shape index (κ1) is 13.2. The van der Waals surface area contributed by atoms with E-state index in [1.54, 1.807) is 17.4 Å². The third kappa shape index (κ3) is 6.70. The number of carbonyl (C=O) groups is 1. The summed E-state index contributed by atoms with van der Waals surface area (Å²) >= 11 is 0. The second-order valence-corrected chi connectivity index (χ2v) is 1.63. The van der Waals surface area contributed by atoms with Gasteiger partial charge < -0.3 is 0 Å². The highest BCUT2D eigenvalue weighted by molar-refractivity contribution is 5.85. The van der Waals surface area contributed by atoms with Crippen LogP contribution in [0.5, 0.6) is 0 Å². The summed E-state index contributed by atoms with van der Waals surface area (Å²) in [6.45, 7) is 0. The Morgan fingerprint density at radius 3 is 1.92 bits per heavy atom. The lowest BCUT2D eigenvalue weighted by molar-refractivity contribution is 0.112. The molecule has 0 amide bonds. The number of nitrogens with two attached hydrogens (primary N) is 1. The molecule has 0 radical (unpaired) electrons. The first-order valence-electron chi connectivity index (χ1n) is 2.88. The van der Waals surface area contributed by atoms with Crippen molar-refractivity contribution in [2.75, 3.05) is 0 Å². The van der Waals surface area contributed by atoms with E-state index in [2.05, 4.69) is 5.84 Å². The Kier molecular flexibility index (Phi) is 10.5. The molecule has 12 heavy (non-hydrogen) atoms. The van der Waals surface area contributed by atoms with Crippen LogP contribution >= 0.6 is 12.4 Å². The summed E-state index contributed by atoms with van der Waals surface area (Å²) in [4.78, 5) is 18.3. The standard InChI is InChI=1S/C7H6O.ClH.H2N2O/c8-6-7-4-2-1-3-5-7;;1-2-3/h1-6H;1H;(H2,1,3). The van der Waals surface area contributed by atoms with Crippen molar-refractivity contribution in [2.24, 2.45) is 11.1 Å². The van der Waals surface area contributed by atoms with Gasteiger partial charge in [0, 0.05) is 10.8 Å². The van der Waals surface area contributed by atoms with Gasteiger partial charge in [0.1, 0.15) is 6.29 Å². The fourth-order valence-electron chi connectivity index (χ4n) is 0.532. The summed E-state index contributed by atoms with van der Waals surface area (Å²) in [5, 5.41) is 1.75. The average molecular weight is 189 g/mol. The van der Waals surface area contributed by atoms with E-state index in [0.717, 1.165) is 11.8 Å². The molecule has 0 unspecified atom stereocenters. The lowest BCUT2D eigenvalue weighted by atomic mass is 10.2. The number of rotatable bonds is 1.